The summed E-state index contributed by atoms with van der Waals surface area (Å²) in [6, 6.07) is 10.2. The fourth-order valence-corrected chi connectivity index (χ4v) is 3.28. The van der Waals surface area contributed by atoms with E-state index >= 15 is 0 Å². The van der Waals surface area contributed by atoms with Crippen LogP contribution in [0.2, 0.25) is 0 Å². The highest BCUT2D eigenvalue weighted by Crippen LogP contribution is 2.29. The molecule has 0 aliphatic carbocycles. The van der Waals surface area contributed by atoms with E-state index in [1.807, 2.05) is 25.1 Å². The molecule has 0 atom stereocenters. The van der Waals surface area contributed by atoms with Gasteiger partial charge < -0.3 is 15.4 Å². The van der Waals surface area contributed by atoms with E-state index in [-0.39, 0.29) is 24.0 Å². The zero-order chi connectivity index (χ0) is 21.0. The molecular weight excluding hydrogens is 528 g/mol. The molecule has 0 aliphatic heterocycles. The second-order valence-electron chi connectivity index (χ2n) is 6.26. The monoisotopic (exact) mass is 556 g/mol. The van der Waals surface area contributed by atoms with Crippen molar-refractivity contribution in [1.82, 2.24) is 15.6 Å². The molecule has 0 radical (unpaired) electrons. The second-order valence-corrected chi connectivity index (χ2v) is 7.21. The van der Waals surface area contributed by atoms with Crippen LogP contribution in [-0.4, -0.2) is 43.8 Å². The lowest BCUT2D eigenvalue weighted by molar-refractivity contribution is -0.140. The van der Waals surface area contributed by atoms with E-state index in [2.05, 4.69) is 32.7 Å². The molecule has 10 heteroatoms. The van der Waals surface area contributed by atoms with Gasteiger partial charge in [0.2, 0.25) is 0 Å². The third kappa shape index (κ3) is 10.6. The third-order valence-corrected chi connectivity index (χ3v) is 4.82. The van der Waals surface area contributed by atoms with Crippen molar-refractivity contribution in [2.24, 2.45) is 4.99 Å². The first-order valence-electron chi connectivity index (χ1n) is 9.64. The summed E-state index contributed by atoms with van der Waals surface area (Å²) in [5, 5.41) is 7.75. The van der Waals surface area contributed by atoms with Crippen LogP contribution in [0.3, 0.4) is 0 Å². The number of thiazole rings is 1. The highest BCUT2D eigenvalue weighted by Gasteiger charge is 2.33. The molecule has 2 rings (SSSR count). The summed E-state index contributed by atoms with van der Waals surface area (Å²) in [5.41, 5.74) is 0.428. The molecule has 0 spiro atoms. The van der Waals surface area contributed by atoms with Gasteiger partial charge in [0.05, 0.1) is 11.6 Å². The number of hydrogen-bond acceptors (Lipinski definition) is 4. The lowest BCUT2D eigenvalue weighted by Gasteiger charge is -2.10. The molecule has 2 N–H and O–H groups in total. The molecule has 1 aromatic heterocycles. The number of rotatable bonds is 11. The van der Waals surface area contributed by atoms with Gasteiger partial charge in [-0.2, -0.15) is 13.2 Å². The Balaban J connectivity index is 0.00000450. The van der Waals surface area contributed by atoms with Gasteiger partial charge in [-0.15, -0.1) is 35.3 Å². The fourth-order valence-electron chi connectivity index (χ4n) is 2.48. The minimum atomic E-state index is -4.39. The Kier molecular flexibility index (Phi) is 12.9. The van der Waals surface area contributed by atoms with Gasteiger partial charge in [-0.25, -0.2) is 4.98 Å². The number of benzene rings is 1. The average molecular weight is 556 g/mol. The van der Waals surface area contributed by atoms with Crippen LogP contribution in [0.5, 0.6) is 0 Å². The Morgan fingerprint density at radius 1 is 1.13 bits per heavy atom. The maximum atomic E-state index is 12.6. The van der Waals surface area contributed by atoms with E-state index in [1.165, 1.54) is 5.56 Å². The zero-order valence-corrected chi connectivity index (χ0v) is 20.0. The van der Waals surface area contributed by atoms with E-state index in [0.29, 0.717) is 50.2 Å². The molecule has 0 unspecified atom stereocenters. The van der Waals surface area contributed by atoms with Crippen LogP contribution >= 0.6 is 35.3 Å². The number of aliphatic imine (C=N–C) groups is 1. The van der Waals surface area contributed by atoms with Crippen LogP contribution in [0, 0.1) is 0 Å². The quantitative estimate of drug-likeness (QED) is 0.185. The molecule has 30 heavy (non-hydrogen) atoms. The Morgan fingerprint density at radius 2 is 1.90 bits per heavy atom. The normalized spacial score (nSPS) is 11.8. The Morgan fingerprint density at radius 3 is 2.57 bits per heavy atom. The first-order valence-corrected chi connectivity index (χ1v) is 10.5. The smallest absolute Gasteiger partial charge is 0.381 e. The van der Waals surface area contributed by atoms with Crippen LogP contribution < -0.4 is 10.6 Å². The summed E-state index contributed by atoms with van der Waals surface area (Å²) in [6.45, 7) is 5.05. The molecule has 0 fully saturated rings. The minimum absolute atomic E-state index is 0. The molecule has 0 amide bonds. The number of ether oxygens (including phenoxy) is 1. The summed E-state index contributed by atoms with van der Waals surface area (Å²) < 4.78 is 43.4. The van der Waals surface area contributed by atoms with Gasteiger partial charge in [0, 0.05) is 38.0 Å². The molecule has 1 heterocycles. The van der Waals surface area contributed by atoms with Crippen LogP contribution in [0.1, 0.15) is 29.6 Å². The molecule has 5 nitrogen and oxygen atoms in total. The summed E-state index contributed by atoms with van der Waals surface area (Å²) >= 11 is 1.02. The van der Waals surface area contributed by atoms with Gasteiger partial charge in [0.1, 0.15) is 0 Å². The van der Waals surface area contributed by atoms with Crippen molar-refractivity contribution in [3.63, 3.8) is 0 Å². The largest absolute Gasteiger partial charge is 0.434 e. The van der Waals surface area contributed by atoms with E-state index in [9.17, 15) is 13.2 Å². The second kappa shape index (κ2) is 14.6. The molecule has 0 saturated carbocycles. The van der Waals surface area contributed by atoms with Gasteiger partial charge in [0.25, 0.3) is 0 Å². The van der Waals surface area contributed by atoms with Crippen molar-refractivity contribution in [3.05, 3.63) is 52.0 Å². The van der Waals surface area contributed by atoms with E-state index in [4.69, 9.17) is 4.74 Å². The number of guanidine groups is 1. The fraction of sp³-hybridized carbons (Fsp3) is 0.500. The van der Waals surface area contributed by atoms with Gasteiger partial charge in [0.15, 0.2) is 11.7 Å². The zero-order valence-electron chi connectivity index (χ0n) is 16.9. The summed E-state index contributed by atoms with van der Waals surface area (Å²) in [6.07, 6.45) is -2.29. The van der Waals surface area contributed by atoms with Crippen LogP contribution in [0.25, 0.3) is 0 Å². The van der Waals surface area contributed by atoms with Crippen molar-refractivity contribution in [3.8, 4) is 0 Å². The number of aromatic nitrogens is 1. The van der Waals surface area contributed by atoms with Gasteiger partial charge >= 0.3 is 6.18 Å². The van der Waals surface area contributed by atoms with Crippen LogP contribution in [0.15, 0.2) is 40.7 Å². The Hall–Kier alpha value is -1.40. The summed E-state index contributed by atoms with van der Waals surface area (Å²) in [5.74, 6) is 0.643. The van der Waals surface area contributed by atoms with Crippen molar-refractivity contribution in [1.29, 1.82) is 0 Å². The third-order valence-electron chi connectivity index (χ3n) is 3.91. The van der Waals surface area contributed by atoms with E-state index in [0.717, 1.165) is 29.6 Å². The predicted molar refractivity (Wildman–Crippen MR) is 126 cm³/mol. The lowest BCUT2D eigenvalue weighted by atomic mass is 10.2. The van der Waals surface area contributed by atoms with Gasteiger partial charge in [-0.3, -0.25) is 4.99 Å². The predicted octanol–water partition coefficient (Wildman–Crippen LogP) is 4.53. The standard InChI is InChI=1S/C20H27F3N4OS.HI/c1-2-24-19(26-12-9-18-27-17(15-29-18)20(21,22)23)25-11-6-13-28-14-10-16-7-4-3-5-8-16;/h3-5,7-8,15H,2,6,9-14H2,1H3,(H2,24,25,26);1H. The maximum absolute atomic E-state index is 12.6. The first kappa shape index (κ1) is 26.6. The van der Waals surface area contributed by atoms with E-state index < -0.39 is 11.9 Å². The summed E-state index contributed by atoms with van der Waals surface area (Å²) in [4.78, 5) is 8.09. The lowest BCUT2D eigenvalue weighted by Crippen LogP contribution is -2.38. The molecule has 0 bridgehead atoms. The van der Waals surface area contributed by atoms with Crippen molar-refractivity contribution < 1.29 is 17.9 Å². The van der Waals surface area contributed by atoms with Crippen molar-refractivity contribution in [2.45, 2.75) is 32.4 Å². The number of hydrogen-bond donors (Lipinski definition) is 2. The van der Waals surface area contributed by atoms with Gasteiger partial charge in [-0.1, -0.05) is 30.3 Å². The number of nitrogens with one attached hydrogen (secondary N) is 2. The van der Waals surface area contributed by atoms with Crippen LogP contribution in [-0.2, 0) is 23.8 Å². The minimum Gasteiger partial charge on any atom is -0.381 e. The number of halogens is 4. The Bertz CT molecular complexity index is 741. The topological polar surface area (TPSA) is 58.5 Å². The first-order chi connectivity index (χ1) is 14.0. The van der Waals surface area contributed by atoms with Crippen molar-refractivity contribution in [2.75, 3.05) is 32.8 Å². The molecular formula is C20H28F3IN4OS. The number of nitrogens with zero attached hydrogens (tertiary/aromatic N) is 2. The molecule has 0 saturated heterocycles. The van der Waals surface area contributed by atoms with Crippen molar-refractivity contribution >= 4 is 41.3 Å². The molecule has 2 aromatic rings. The maximum Gasteiger partial charge on any atom is 0.434 e. The van der Waals surface area contributed by atoms with Crippen LogP contribution in [0.4, 0.5) is 13.2 Å². The summed E-state index contributed by atoms with van der Waals surface area (Å²) in [7, 11) is 0. The SMILES string of the molecule is CCNC(=NCCCOCCc1ccccc1)NCCc1nc(C(F)(F)F)cs1.I. The molecule has 168 valence electrons. The highest BCUT2D eigenvalue weighted by atomic mass is 127. The Labute approximate surface area is 196 Å². The molecule has 1 aromatic carbocycles. The van der Waals surface area contributed by atoms with Gasteiger partial charge in [-0.05, 0) is 25.3 Å². The average Bonchev–Trinajstić information content (AvgIpc) is 3.17. The van der Waals surface area contributed by atoms with E-state index in [1.54, 1.807) is 0 Å². The number of alkyl halides is 3. The highest BCUT2D eigenvalue weighted by molar-refractivity contribution is 14.0. The molecule has 0 aliphatic rings.